The molecule has 0 aliphatic rings. The second-order valence-corrected chi connectivity index (χ2v) is 2.23. The largest absolute Gasteiger partial charge is 0.351 e. The van der Waals surface area contributed by atoms with Gasteiger partial charge in [0.2, 0.25) is 5.69 Å². The van der Waals surface area contributed by atoms with Crippen molar-refractivity contribution in [2.45, 2.75) is 0 Å². The molecule has 0 N–H and O–H groups in total. The van der Waals surface area contributed by atoms with E-state index in [1.165, 1.54) is 0 Å². The van der Waals surface area contributed by atoms with E-state index < -0.39 is 0 Å². The fourth-order valence-corrected chi connectivity index (χ4v) is 0.714. The first-order valence-electron chi connectivity index (χ1n) is 2.86. The molecule has 0 saturated heterocycles. The van der Waals surface area contributed by atoms with Crippen molar-refractivity contribution in [2.75, 3.05) is 7.05 Å². The molecule has 0 aliphatic heterocycles. The lowest BCUT2D eigenvalue weighted by Gasteiger charge is -1.84. The normalized spacial score (nSPS) is 9.56. The summed E-state index contributed by atoms with van der Waals surface area (Å²) in [6.45, 7) is 3.74. The molecule has 0 spiro atoms. The van der Waals surface area contributed by atoms with Crippen molar-refractivity contribution >= 4 is 12.4 Å². The van der Waals surface area contributed by atoms with Gasteiger partial charge in [-0.3, -0.25) is 0 Å². The predicted molar refractivity (Wildman–Crippen MR) is 38.4 cm³/mol. The molecule has 48 valence electrons. The molecule has 2 nitrogen and oxygen atoms in total. The molecule has 0 radical (unpaired) electrons. The van der Waals surface area contributed by atoms with Gasteiger partial charge >= 0.3 is 0 Å². The smallest absolute Gasteiger partial charge is 0.222 e. The van der Waals surface area contributed by atoms with Crippen molar-refractivity contribution in [3.8, 4) is 0 Å². The van der Waals surface area contributed by atoms with E-state index in [-0.39, 0.29) is 0 Å². The van der Waals surface area contributed by atoms with Crippen molar-refractivity contribution in [1.29, 1.82) is 0 Å². The van der Waals surface area contributed by atoms with Gasteiger partial charge in [-0.1, -0.05) is 0 Å². The van der Waals surface area contributed by atoms with Gasteiger partial charge in [0.05, 0.1) is 6.20 Å². The van der Waals surface area contributed by atoms with Crippen LogP contribution in [0.1, 0.15) is 0 Å². The highest BCUT2D eigenvalue weighted by molar-refractivity contribution is 5.30. The molecule has 0 aliphatic carbocycles. The maximum Gasteiger partial charge on any atom is 0.222 e. The lowest BCUT2D eigenvalue weighted by atomic mass is 10.5. The molecule has 1 heterocycles. The van der Waals surface area contributed by atoms with Gasteiger partial charge < -0.3 is 4.57 Å². The Hall–Kier alpha value is -1.05. The minimum atomic E-state index is 1.14. The minimum absolute atomic E-state index is 1.14. The zero-order chi connectivity index (χ0) is 6.85. The van der Waals surface area contributed by atoms with E-state index in [0.29, 0.717) is 0 Å². The van der Waals surface area contributed by atoms with Gasteiger partial charge in [-0.05, 0) is 0 Å². The molecule has 0 saturated carbocycles. The summed E-state index contributed by atoms with van der Waals surface area (Å²) in [4.78, 5) is 0. The van der Waals surface area contributed by atoms with Gasteiger partial charge in [-0.2, -0.15) is 0 Å². The highest BCUT2D eigenvalue weighted by atomic mass is 15.0. The van der Waals surface area contributed by atoms with Crippen molar-refractivity contribution in [3.05, 3.63) is 18.5 Å². The van der Waals surface area contributed by atoms with Crippen LogP contribution in [0.3, 0.4) is 0 Å². The molecule has 9 heavy (non-hydrogen) atoms. The van der Waals surface area contributed by atoms with Crippen LogP contribution in [0.4, 0.5) is 5.69 Å². The summed E-state index contributed by atoms with van der Waals surface area (Å²) < 4.78 is 3.83. The third-order valence-corrected chi connectivity index (χ3v) is 1.26. The first kappa shape index (κ1) is 6.08. The Morgan fingerprint density at radius 1 is 1.67 bits per heavy atom. The molecule has 1 aromatic heterocycles. The summed E-state index contributed by atoms with van der Waals surface area (Å²) in [6.07, 6.45) is 4.02. The molecule has 0 atom stereocenters. The van der Waals surface area contributed by atoms with Crippen LogP contribution >= 0.6 is 0 Å². The van der Waals surface area contributed by atoms with Crippen LogP contribution in [0.2, 0.25) is 0 Å². The fourth-order valence-electron chi connectivity index (χ4n) is 0.714. The lowest BCUT2D eigenvalue weighted by molar-refractivity contribution is -0.394. The molecule has 0 fully saturated rings. The molecule has 0 amide bonds. The Labute approximate surface area is 55.1 Å². The molecule has 1 aromatic rings. The minimum Gasteiger partial charge on any atom is -0.351 e. The Morgan fingerprint density at radius 2 is 2.33 bits per heavy atom. The van der Waals surface area contributed by atoms with Crippen molar-refractivity contribution in [2.24, 2.45) is 7.05 Å². The molecular weight excluding hydrogens is 112 g/mol. The van der Waals surface area contributed by atoms with Gasteiger partial charge in [-0.15, -0.1) is 0 Å². The first-order valence-corrected chi connectivity index (χ1v) is 2.86. The van der Waals surface area contributed by atoms with Gasteiger partial charge in [0, 0.05) is 19.3 Å². The molecule has 0 unspecified atom stereocenters. The Kier molecular flexibility index (Phi) is 1.39. The van der Waals surface area contributed by atoms with Crippen LogP contribution in [-0.4, -0.2) is 22.9 Å². The quantitative estimate of drug-likeness (QED) is 0.389. The van der Waals surface area contributed by atoms with E-state index >= 15 is 0 Å². The number of aryl methyl sites for hydroxylation is 1. The summed E-state index contributed by atoms with van der Waals surface area (Å²) in [5.41, 5.74) is 1.14. The number of aromatic nitrogens is 1. The third-order valence-electron chi connectivity index (χ3n) is 1.26. The first-order chi connectivity index (χ1) is 4.20. The molecule has 0 aromatic carbocycles. The maximum absolute atomic E-state index is 3.74. The van der Waals surface area contributed by atoms with Gasteiger partial charge in [0.1, 0.15) is 13.8 Å². The van der Waals surface area contributed by atoms with Crippen LogP contribution in [0, 0.1) is 0 Å². The lowest BCUT2D eigenvalue weighted by Crippen LogP contribution is -1.89. The van der Waals surface area contributed by atoms with Crippen molar-refractivity contribution in [1.82, 2.24) is 4.57 Å². The van der Waals surface area contributed by atoms with Crippen LogP contribution in [0.5, 0.6) is 0 Å². The van der Waals surface area contributed by atoms with Gasteiger partial charge in [0.15, 0.2) is 0 Å². The molecule has 2 heteroatoms. The fraction of sp³-hybridized carbons (Fsp3) is 0.286. The number of nitrogens with zero attached hydrogens (tertiary/aromatic N) is 2. The Morgan fingerprint density at radius 3 is 2.56 bits per heavy atom. The van der Waals surface area contributed by atoms with E-state index in [1.54, 1.807) is 0 Å². The van der Waals surface area contributed by atoms with E-state index in [1.807, 2.05) is 41.7 Å². The molecule has 0 bridgehead atoms. The summed E-state index contributed by atoms with van der Waals surface area (Å²) in [5, 5.41) is 0. The number of hydrogen-bond donors (Lipinski definition) is 0. The standard InChI is InChI=1S/C7H11N2/c1-8(2)7-4-5-9(3)6-7/h4-6H,1H2,2-3H3/q+1. The van der Waals surface area contributed by atoms with E-state index in [4.69, 9.17) is 0 Å². The SMILES string of the molecule is C=[N+](C)c1ccn(C)c1. The van der Waals surface area contributed by atoms with E-state index in [0.717, 1.165) is 5.69 Å². The van der Waals surface area contributed by atoms with Gasteiger partial charge in [-0.25, -0.2) is 4.58 Å². The molecular formula is C7H11N2+. The predicted octanol–water partition coefficient (Wildman–Crippen LogP) is 0.999. The second kappa shape index (κ2) is 2.05. The zero-order valence-corrected chi connectivity index (χ0v) is 5.83. The monoisotopic (exact) mass is 123 g/mol. The Bertz CT molecular complexity index is 223. The second-order valence-electron chi connectivity index (χ2n) is 2.23. The van der Waals surface area contributed by atoms with Gasteiger partial charge in [0.25, 0.3) is 0 Å². The number of rotatable bonds is 1. The Balaban J connectivity index is 2.98. The van der Waals surface area contributed by atoms with Crippen molar-refractivity contribution < 1.29 is 4.58 Å². The highest BCUT2D eigenvalue weighted by Gasteiger charge is 1.98. The van der Waals surface area contributed by atoms with Crippen molar-refractivity contribution in [3.63, 3.8) is 0 Å². The van der Waals surface area contributed by atoms with Crippen LogP contribution < -0.4 is 0 Å². The third kappa shape index (κ3) is 1.19. The van der Waals surface area contributed by atoms with Crippen LogP contribution in [-0.2, 0) is 7.05 Å². The maximum atomic E-state index is 3.74. The van der Waals surface area contributed by atoms with E-state index in [9.17, 15) is 0 Å². The summed E-state index contributed by atoms with van der Waals surface area (Å²) >= 11 is 0. The van der Waals surface area contributed by atoms with E-state index in [2.05, 4.69) is 6.72 Å². The average Bonchev–Trinajstić information content (AvgIpc) is 2.14. The summed E-state index contributed by atoms with van der Waals surface area (Å²) in [6, 6.07) is 2.02. The van der Waals surface area contributed by atoms with Crippen LogP contribution in [0.25, 0.3) is 0 Å². The summed E-state index contributed by atoms with van der Waals surface area (Å²) in [5.74, 6) is 0. The average molecular weight is 123 g/mol. The van der Waals surface area contributed by atoms with Crippen LogP contribution in [0.15, 0.2) is 18.5 Å². The zero-order valence-electron chi connectivity index (χ0n) is 5.83. The molecule has 1 rings (SSSR count). The topological polar surface area (TPSA) is 7.94 Å². The highest BCUT2D eigenvalue weighted by Crippen LogP contribution is 2.07. The summed E-state index contributed by atoms with van der Waals surface area (Å²) in [7, 11) is 3.92. The number of hydrogen-bond acceptors (Lipinski definition) is 0.